The Balaban J connectivity index is 0.000000188. The van der Waals surface area contributed by atoms with Gasteiger partial charge in [-0.15, -0.1) is 22.7 Å². The maximum Gasteiger partial charge on any atom is 0.341 e. The molecule has 2 fully saturated rings. The standard InChI is InChI=1S/C17H20N2O4S.C16H18N2O5S/c1-10-14(17(22)23)15-13(5-8-24-15)19(16(10)21)9-12-3-6-18(7-4-12)11(2)20;1-9(19)17-5-2-10(3-6-17)8-18-11-4-7-24-14(11)12(16(22)23)13(20)15(18)21/h5,8,12H,3-4,6-7,9H2,1-2H3,(H,22,23);4,7,10,20H,2-3,5-6,8H2,1H3,(H,22,23). The molecule has 0 bridgehead atoms. The second-order valence-corrected chi connectivity index (χ2v) is 14.2. The summed E-state index contributed by atoms with van der Waals surface area (Å²) in [5, 5.41) is 32.3. The third-order valence-electron chi connectivity index (χ3n) is 9.38. The average molecular weight is 699 g/mol. The number of rotatable bonds is 6. The SMILES string of the molecule is CC(=O)N1CCC(Cn2c(=O)c(C)c(C(=O)O)c3sccc32)CC1.CC(=O)N1CCC(Cn2c(=O)c(O)c(C(=O)O)c3sccc32)CC1. The molecule has 0 aromatic carbocycles. The summed E-state index contributed by atoms with van der Waals surface area (Å²) in [6.45, 7) is 8.42. The number of carboxylic acids is 2. The van der Waals surface area contributed by atoms with E-state index in [2.05, 4.69) is 0 Å². The Labute approximate surface area is 283 Å². The molecule has 0 unspecified atom stereocenters. The Morgan fingerprint density at radius 1 is 0.708 bits per heavy atom. The van der Waals surface area contributed by atoms with Crippen LogP contribution in [0, 0.1) is 18.8 Å². The van der Waals surface area contributed by atoms with Crippen molar-refractivity contribution in [3.63, 3.8) is 0 Å². The number of piperidine rings is 2. The van der Waals surface area contributed by atoms with Gasteiger partial charge in [0.2, 0.25) is 11.8 Å². The van der Waals surface area contributed by atoms with Crippen LogP contribution in [0.3, 0.4) is 0 Å². The monoisotopic (exact) mass is 698 g/mol. The summed E-state index contributed by atoms with van der Waals surface area (Å²) in [5.41, 5.74) is 0.412. The first kappa shape index (κ1) is 34.8. The molecule has 15 heteroatoms. The highest BCUT2D eigenvalue weighted by Gasteiger charge is 2.27. The minimum absolute atomic E-state index is 0.0503. The van der Waals surface area contributed by atoms with Crippen molar-refractivity contribution in [2.24, 2.45) is 11.8 Å². The number of carbonyl (C=O) groups is 4. The van der Waals surface area contributed by atoms with Crippen LogP contribution in [0.15, 0.2) is 32.5 Å². The number of likely N-dealkylation sites (tertiary alicyclic amines) is 2. The smallest absolute Gasteiger partial charge is 0.341 e. The van der Waals surface area contributed by atoms with Crippen molar-refractivity contribution in [2.75, 3.05) is 26.2 Å². The zero-order valence-electron chi connectivity index (χ0n) is 26.9. The molecule has 2 aliphatic rings. The second-order valence-electron chi connectivity index (χ2n) is 12.3. The van der Waals surface area contributed by atoms with Gasteiger partial charge >= 0.3 is 11.9 Å². The van der Waals surface area contributed by atoms with E-state index in [1.54, 1.807) is 41.7 Å². The Morgan fingerprint density at radius 3 is 1.50 bits per heavy atom. The van der Waals surface area contributed by atoms with Gasteiger partial charge < -0.3 is 34.3 Å². The van der Waals surface area contributed by atoms with E-state index in [1.807, 2.05) is 16.3 Å². The van der Waals surface area contributed by atoms with Gasteiger partial charge in [0.25, 0.3) is 11.1 Å². The lowest BCUT2D eigenvalue weighted by atomic mass is 9.96. The first-order valence-electron chi connectivity index (χ1n) is 15.7. The van der Waals surface area contributed by atoms with Crippen LogP contribution in [0.2, 0.25) is 0 Å². The van der Waals surface area contributed by atoms with Gasteiger partial charge in [0.15, 0.2) is 5.75 Å². The summed E-state index contributed by atoms with van der Waals surface area (Å²) in [6, 6.07) is 3.52. The minimum Gasteiger partial charge on any atom is -0.502 e. The van der Waals surface area contributed by atoms with Gasteiger partial charge in [0, 0.05) is 58.7 Å². The quantitative estimate of drug-likeness (QED) is 0.268. The number of aromatic nitrogens is 2. The summed E-state index contributed by atoms with van der Waals surface area (Å²) in [6.07, 6.45) is 3.27. The molecule has 2 amide bonds. The normalized spacial score (nSPS) is 15.8. The van der Waals surface area contributed by atoms with Crippen LogP contribution in [0.1, 0.15) is 65.8 Å². The largest absolute Gasteiger partial charge is 0.502 e. The van der Waals surface area contributed by atoms with Crippen molar-refractivity contribution < 1.29 is 34.5 Å². The van der Waals surface area contributed by atoms with Crippen LogP contribution in [-0.2, 0) is 22.7 Å². The molecular formula is C33H38N4O9S2. The Hall–Kier alpha value is -4.50. The molecule has 6 heterocycles. The van der Waals surface area contributed by atoms with Crippen molar-refractivity contribution in [1.29, 1.82) is 0 Å². The molecule has 2 saturated heterocycles. The van der Waals surface area contributed by atoms with Gasteiger partial charge in [0.1, 0.15) is 5.56 Å². The number of nitrogens with zero attached hydrogens (tertiary/aromatic N) is 4. The highest BCUT2D eigenvalue weighted by Crippen LogP contribution is 2.31. The van der Waals surface area contributed by atoms with Crippen LogP contribution in [0.5, 0.6) is 5.75 Å². The number of aromatic hydroxyl groups is 1. The van der Waals surface area contributed by atoms with Gasteiger partial charge in [-0.1, -0.05) is 0 Å². The molecule has 0 spiro atoms. The number of fused-ring (bicyclic) bond motifs is 2. The number of carbonyl (C=O) groups excluding carboxylic acids is 2. The first-order valence-corrected chi connectivity index (χ1v) is 17.5. The molecule has 0 radical (unpaired) electrons. The van der Waals surface area contributed by atoms with E-state index in [0.29, 0.717) is 71.2 Å². The molecule has 0 aliphatic carbocycles. The molecule has 2 aliphatic heterocycles. The average Bonchev–Trinajstić information content (AvgIpc) is 3.72. The molecule has 0 saturated carbocycles. The Kier molecular flexibility index (Phi) is 10.4. The van der Waals surface area contributed by atoms with Gasteiger partial charge in [-0.05, 0) is 67.3 Å². The van der Waals surface area contributed by atoms with Crippen molar-refractivity contribution in [1.82, 2.24) is 18.9 Å². The molecule has 6 rings (SSSR count). The van der Waals surface area contributed by atoms with Gasteiger partial charge in [0.05, 0.1) is 26.0 Å². The third kappa shape index (κ3) is 6.88. The van der Waals surface area contributed by atoms with Gasteiger partial charge in [-0.25, -0.2) is 9.59 Å². The molecular weight excluding hydrogens is 661 g/mol. The van der Waals surface area contributed by atoms with Gasteiger partial charge in [-0.3, -0.25) is 19.2 Å². The summed E-state index contributed by atoms with van der Waals surface area (Å²) >= 11 is 2.54. The van der Waals surface area contributed by atoms with Crippen LogP contribution < -0.4 is 11.1 Å². The number of amides is 2. The van der Waals surface area contributed by atoms with Crippen LogP contribution in [-0.4, -0.2) is 84.2 Å². The summed E-state index contributed by atoms with van der Waals surface area (Å²) in [4.78, 5) is 74.4. The van der Waals surface area contributed by atoms with Crippen LogP contribution in [0.4, 0.5) is 0 Å². The van der Waals surface area contributed by atoms with E-state index in [1.165, 1.54) is 27.2 Å². The second kappa shape index (κ2) is 14.3. The van der Waals surface area contributed by atoms with Crippen LogP contribution in [0.25, 0.3) is 20.4 Å². The molecule has 48 heavy (non-hydrogen) atoms. The number of hydrogen-bond donors (Lipinski definition) is 3. The van der Waals surface area contributed by atoms with E-state index in [0.717, 1.165) is 25.7 Å². The Bertz CT molecular complexity index is 1860. The number of pyridine rings is 2. The maximum atomic E-state index is 12.7. The third-order valence-corrected chi connectivity index (χ3v) is 11.2. The molecule has 4 aromatic heterocycles. The minimum atomic E-state index is -1.31. The lowest BCUT2D eigenvalue weighted by Crippen LogP contribution is -2.39. The fraction of sp³-hybridized carbons (Fsp3) is 0.455. The van der Waals surface area contributed by atoms with E-state index in [-0.39, 0.29) is 34.4 Å². The Morgan fingerprint density at radius 2 is 1.10 bits per heavy atom. The molecule has 0 atom stereocenters. The zero-order chi connectivity index (χ0) is 34.9. The van der Waals surface area contributed by atoms with E-state index < -0.39 is 23.2 Å². The molecule has 3 N–H and O–H groups in total. The van der Waals surface area contributed by atoms with Crippen molar-refractivity contribution in [3.05, 3.63) is 60.3 Å². The predicted molar refractivity (Wildman–Crippen MR) is 182 cm³/mol. The van der Waals surface area contributed by atoms with Gasteiger partial charge in [-0.2, -0.15) is 0 Å². The van der Waals surface area contributed by atoms with Crippen molar-refractivity contribution in [2.45, 2.75) is 59.5 Å². The molecule has 13 nitrogen and oxygen atoms in total. The van der Waals surface area contributed by atoms with Crippen LogP contribution >= 0.6 is 22.7 Å². The number of thiophene rings is 2. The molecule has 4 aromatic rings. The zero-order valence-corrected chi connectivity index (χ0v) is 28.6. The molecule has 256 valence electrons. The summed E-state index contributed by atoms with van der Waals surface area (Å²) in [7, 11) is 0. The first-order chi connectivity index (χ1) is 22.8. The van der Waals surface area contributed by atoms with Crippen molar-refractivity contribution >= 4 is 66.9 Å². The van der Waals surface area contributed by atoms with Crippen molar-refractivity contribution in [3.8, 4) is 5.75 Å². The lowest BCUT2D eigenvalue weighted by Gasteiger charge is -2.31. The number of hydrogen-bond acceptors (Lipinski definition) is 9. The predicted octanol–water partition coefficient (Wildman–Crippen LogP) is 4.05. The lowest BCUT2D eigenvalue weighted by molar-refractivity contribution is -0.131. The van der Waals surface area contributed by atoms with E-state index in [9.17, 15) is 44.1 Å². The number of aromatic carboxylic acids is 2. The summed E-state index contributed by atoms with van der Waals surface area (Å²) in [5.74, 6) is -2.41. The topological polar surface area (TPSA) is 179 Å². The van der Waals surface area contributed by atoms with E-state index in [4.69, 9.17) is 0 Å². The fourth-order valence-electron chi connectivity index (χ4n) is 6.64. The highest BCUT2D eigenvalue weighted by atomic mass is 32.1. The van der Waals surface area contributed by atoms with E-state index >= 15 is 0 Å². The highest BCUT2D eigenvalue weighted by molar-refractivity contribution is 7.17. The maximum absolute atomic E-state index is 12.7. The summed E-state index contributed by atoms with van der Waals surface area (Å²) < 4.78 is 4.23. The fourth-order valence-corrected chi connectivity index (χ4v) is 8.56. The number of carboxylic acid groups (broad SMARTS) is 2.